The maximum Gasteiger partial charge on any atom is 0.419 e. The Morgan fingerprint density at radius 2 is 1.82 bits per heavy atom. The Labute approximate surface area is 228 Å². The van der Waals surface area contributed by atoms with E-state index >= 15 is 0 Å². The number of nitrogens with zero attached hydrogens (tertiary/aromatic N) is 7. The third-order valence-electron chi connectivity index (χ3n) is 6.88. The van der Waals surface area contributed by atoms with Crippen molar-refractivity contribution in [2.45, 2.75) is 58.8 Å². The standard InChI is InChI=1S/C28H29F3N8O/c1-4-5-8-20-17-39(26-24(28(29,30)31)12-14-37(26)18(2)3)27(40)38(20)16-19-15-32-13-11-21(19)22-9-6-7-10-23(22)25-33-35-36-34-25/h6-7,9-15,17-18H,4-5,8,16H2,1-3H3,(H,33,34,35,36). The van der Waals surface area contributed by atoms with Gasteiger partial charge < -0.3 is 4.57 Å². The number of aromatic nitrogens is 8. The number of alkyl halides is 3. The fraction of sp³-hybridized carbons (Fsp3) is 0.321. The first-order valence-corrected chi connectivity index (χ1v) is 13.1. The molecule has 4 aromatic heterocycles. The number of tetrazole rings is 1. The summed E-state index contributed by atoms with van der Waals surface area (Å²) in [7, 11) is 0. The molecule has 9 nitrogen and oxygen atoms in total. The molecule has 0 aliphatic heterocycles. The van der Waals surface area contributed by atoms with Crippen LogP contribution in [0.1, 0.15) is 56.5 Å². The van der Waals surface area contributed by atoms with Gasteiger partial charge >= 0.3 is 11.9 Å². The number of halogens is 3. The molecule has 0 saturated carbocycles. The molecule has 1 N–H and O–H groups in total. The molecule has 5 aromatic rings. The molecular formula is C28H29F3N8O. The molecule has 4 heterocycles. The lowest BCUT2D eigenvalue weighted by Gasteiger charge is -2.16. The molecule has 208 valence electrons. The van der Waals surface area contributed by atoms with Crippen LogP contribution in [0.2, 0.25) is 0 Å². The number of hydrogen-bond acceptors (Lipinski definition) is 5. The molecule has 5 rings (SSSR count). The van der Waals surface area contributed by atoms with E-state index in [0.29, 0.717) is 17.9 Å². The van der Waals surface area contributed by atoms with Gasteiger partial charge in [-0.3, -0.25) is 14.1 Å². The van der Waals surface area contributed by atoms with Crippen LogP contribution in [0.15, 0.2) is 66.0 Å². The third kappa shape index (κ3) is 5.08. The second kappa shape index (κ2) is 10.9. The van der Waals surface area contributed by atoms with Crippen LogP contribution >= 0.6 is 0 Å². The van der Waals surface area contributed by atoms with Gasteiger partial charge in [-0.15, -0.1) is 5.10 Å². The van der Waals surface area contributed by atoms with Crippen LogP contribution in [0.25, 0.3) is 28.3 Å². The Morgan fingerprint density at radius 3 is 2.50 bits per heavy atom. The summed E-state index contributed by atoms with van der Waals surface area (Å²) >= 11 is 0. The number of pyridine rings is 1. The summed E-state index contributed by atoms with van der Waals surface area (Å²) < 4.78 is 46.3. The fourth-order valence-corrected chi connectivity index (χ4v) is 4.92. The summed E-state index contributed by atoms with van der Waals surface area (Å²) in [5.41, 5.74) is 2.40. The van der Waals surface area contributed by atoms with E-state index < -0.39 is 17.4 Å². The van der Waals surface area contributed by atoms with Gasteiger partial charge in [-0.1, -0.05) is 37.6 Å². The Bertz CT molecular complexity index is 1660. The molecule has 0 aliphatic carbocycles. The van der Waals surface area contributed by atoms with Crippen LogP contribution in [-0.2, 0) is 19.1 Å². The van der Waals surface area contributed by atoms with Crippen molar-refractivity contribution >= 4 is 0 Å². The van der Waals surface area contributed by atoms with Crippen molar-refractivity contribution in [3.63, 3.8) is 0 Å². The highest BCUT2D eigenvalue weighted by molar-refractivity contribution is 5.81. The summed E-state index contributed by atoms with van der Waals surface area (Å²) in [6, 6.07) is 10.2. The van der Waals surface area contributed by atoms with Crippen LogP contribution in [0.3, 0.4) is 0 Å². The first kappa shape index (κ1) is 27.1. The van der Waals surface area contributed by atoms with Crippen LogP contribution < -0.4 is 5.69 Å². The molecule has 12 heteroatoms. The van der Waals surface area contributed by atoms with Crippen molar-refractivity contribution in [2.24, 2.45) is 0 Å². The predicted molar refractivity (Wildman–Crippen MR) is 144 cm³/mol. The van der Waals surface area contributed by atoms with E-state index in [4.69, 9.17) is 0 Å². The van der Waals surface area contributed by atoms with E-state index in [0.717, 1.165) is 45.7 Å². The molecule has 0 fully saturated rings. The molecule has 0 amide bonds. The summed E-state index contributed by atoms with van der Waals surface area (Å²) in [6.45, 7) is 5.72. The van der Waals surface area contributed by atoms with Gasteiger partial charge in [-0.2, -0.15) is 13.2 Å². The van der Waals surface area contributed by atoms with Gasteiger partial charge in [0.25, 0.3) is 0 Å². The Hall–Kier alpha value is -4.48. The highest BCUT2D eigenvalue weighted by atomic mass is 19.4. The largest absolute Gasteiger partial charge is 0.419 e. The predicted octanol–water partition coefficient (Wildman–Crippen LogP) is 5.67. The number of rotatable bonds is 9. The van der Waals surface area contributed by atoms with Crippen LogP contribution in [0.4, 0.5) is 13.2 Å². The number of unbranched alkanes of at least 4 members (excludes halogenated alkanes) is 1. The van der Waals surface area contributed by atoms with Gasteiger partial charge in [0.2, 0.25) is 0 Å². The van der Waals surface area contributed by atoms with E-state index in [9.17, 15) is 18.0 Å². The van der Waals surface area contributed by atoms with Crippen LogP contribution in [-0.4, -0.2) is 39.3 Å². The minimum atomic E-state index is -4.61. The topological polar surface area (TPSA) is 99.2 Å². The Morgan fingerprint density at radius 1 is 1.05 bits per heavy atom. The molecule has 1 aromatic carbocycles. The lowest BCUT2D eigenvalue weighted by atomic mass is 9.96. The average Bonchev–Trinajstić information content (AvgIpc) is 3.68. The zero-order valence-electron chi connectivity index (χ0n) is 22.4. The van der Waals surface area contributed by atoms with E-state index in [-0.39, 0.29) is 18.4 Å². The smallest absolute Gasteiger partial charge is 0.331 e. The lowest BCUT2D eigenvalue weighted by molar-refractivity contribution is -0.137. The van der Waals surface area contributed by atoms with Crippen molar-refractivity contribution in [3.05, 3.63) is 88.5 Å². The minimum absolute atomic E-state index is 0.126. The molecular weight excluding hydrogens is 521 g/mol. The van der Waals surface area contributed by atoms with Crippen LogP contribution in [0, 0.1) is 0 Å². The van der Waals surface area contributed by atoms with Gasteiger partial charge in [-0.05, 0) is 65.9 Å². The summed E-state index contributed by atoms with van der Waals surface area (Å²) in [5.74, 6) is 0.304. The molecule has 0 bridgehead atoms. The zero-order valence-corrected chi connectivity index (χ0v) is 22.4. The van der Waals surface area contributed by atoms with E-state index in [1.165, 1.54) is 10.8 Å². The van der Waals surface area contributed by atoms with E-state index in [2.05, 4.69) is 25.6 Å². The molecule has 40 heavy (non-hydrogen) atoms. The summed E-state index contributed by atoms with van der Waals surface area (Å²) in [6.07, 6.45) is 3.84. The van der Waals surface area contributed by atoms with Crippen molar-refractivity contribution in [1.29, 1.82) is 0 Å². The summed E-state index contributed by atoms with van der Waals surface area (Å²) in [4.78, 5) is 18.2. The first-order chi connectivity index (χ1) is 19.2. The monoisotopic (exact) mass is 550 g/mol. The van der Waals surface area contributed by atoms with Gasteiger partial charge in [0.15, 0.2) is 5.82 Å². The summed E-state index contributed by atoms with van der Waals surface area (Å²) in [5, 5.41) is 14.2. The second-order valence-electron chi connectivity index (χ2n) is 9.84. The highest BCUT2D eigenvalue weighted by Crippen LogP contribution is 2.36. The third-order valence-corrected chi connectivity index (χ3v) is 6.88. The maximum atomic E-state index is 14.0. The normalized spacial score (nSPS) is 12.0. The van der Waals surface area contributed by atoms with E-state index in [1.54, 1.807) is 37.0 Å². The molecule has 0 unspecified atom stereocenters. The molecule has 0 spiro atoms. The molecule has 0 saturated heterocycles. The van der Waals surface area contributed by atoms with Crippen molar-refractivity contribution in [3.8, 4) is 28.3 Å². The average molecular weight is 551 g/mol. The molecule has 0 atom stereocenters. The van der Waals surface area contributed by atoms with Crippen molar-refractivity contribution in [2.75, 3.05) is 0 Å². The number of imidazole rings is 1. The number of nitrogens with one attached hydrogen (secondary N) is 1. The SMILES string of the molecule is CCCCc1cn(-c2c(C(F)(F)F)ccn2C(C)C)c(=O)n1Cc1cnccc1-c1ccccc1-c1nnn[nH]1. The number of H-pyrrole nitrogens is 1. The number of hydrogen-bond donors (Lipinski definition) is 1. The van der Waals surface area contributed by atoms with Gasteiger partial charge in [0, 0.05) is 42.1 Å². The van der Waals surface area contributed by atoms with Gasteiger partial charge in [0.05, 0.1) is 12.1 Å². The van der Waals surface area contributed by atoms with Crippen molar-refractivity contribution in [1.82, 2.24) is 39.3 Å². The number of aryl methyl sites for hydroxylation is 1. The first-order valence-electron chi connectivity index (χ1n) is 13.1. The second-order valence-corrected chi connectivity index (χ2v) is 9.84. The Balaban J connectivity index is 1.66. The Kier molecular flexibility index (Phi) is 7.42. The van der Waals surface area contributed by atoms with Crippen molar-refractivity contribution < 1.29 is 13.2 Å². The van der Waals surface area contributed by atoms with Crippen LogP contribution in [0.5, 0.6) is 0 Å². The fourth-order valence-electron chi connectivity index (χ4n) is 4.92. The molecule has 0 radical (unpaired) electrons. The maximum absolute atomic E-state index is 14.0. The quantitative estimate of drug-likeness (QED) is 0.255. The van der Waals surface area contributed by atoms with E-state index in [1.807, 2.05) is 37.3 Å². The number of aromatic amines is 1. The minimum Gasteiger partial charge on any atom is -0.331 e. The zero-order chi connectivity index (χ0) is 28.4. The number of benzene rings is 1. The molecule has 0 aliphatic rings. The highest BCUT2D eigenvalue weighted by Gasteiger charge is 2.37. The van der Waals surface area contributed by atoms with Gasteiger partial charge in [-0.25, -0.2) is 9.89 Å². The van der Waals surface area contributed by atoms with Gasteiger partial charge in [0.1, 0.15) is 5.82 Å². The lowest BCUT2D eigenvalue weighted by Crippen LogP contribution is -2.28.